The van der Waals surface area contributed by atoms with E-state index in [9.17, 15) is 27.6 Å². The summed E-state index contributed by atoms with van der Waals surface area (Å²) in [6, 6.07) is 11.7. The third kappa shape index (κ3) is 7.90. The summed E-state index contributed by atoms with van der Waals surface area (Å²) in [5.74, 6) is -2.24. The molecule has 0 spiro atoms. The van der Waals surface area contributed by atoms with Gasteiger partial charge in [0.2, 0.25) is 21.8 Å². The van der Waals surface area contributed by atoms with E-state index < -0.39 is 68.7 Å². The van der Waals surface area contributed by atoms with Crippen molar-refractivity contribution in [2.24, 2.45) is 11.1 Å². The van der Waals surface area contributed by atoms with E-state index in [-0.39, 0.29) is 25.5 Å². The van der Waals surface area contributed by atoms with E-state index in [4.69, 9.17) is 9.57 Å². The number of fused-ring (bicyclic) bond motifs is 3. The average Bonchev–Trinajstić information content (AvgIpc) is 4.02. The fourth-order valence-corrected chi connectivity index (χ4v) is 8.55. The van der Waals surface area contributed by atoms with Gasteiger partial charge in [-0.15, -0.1) is 0 Å². The lowest BCUT2D eigenvalue weighted by molar-refractivity contribution is -0.141. The van der Waals surface area contributed by atoms with Gasteiger partial charge in [-0.3, -0.25) is 19.1 Å². The van der Waals surface area contributed by atoms with E-state index in [0.29, 0.717) is 32.1 Å². The van der Waals surface area contributed by atoms with E-state index in [2.05, 4.69) is 20.5 Å². The minimum atomic E-state index is -3.87. The number of rotatable bonds is 8. The Balaban J connectivity index is 1.13. The first-order valence-corrected chi connectivity index (χ1v) is 19.7. The van der Waals surface area contributed by atoms with Crippen LogP contribution in [0.4, 0.5) is 4.79 Å². The van der Waals surface area contributed by atoms with Crippen molar-refractivity contribution in [2.75, 3.05) is 6.54 Å². The molecule has 2 aromatic carbocycles. The van der Waals surface area contributed by atoms with Gasteiger partial charge < -0.3 is 25.1 Å². The van der Waals surface area contributed by atoms with Crippen LogP contribution in [0.1, 0.15) is 82.6 Å². The van der Waals surface area contributed by atoms with Crippen molar-refractivity contribution in [2.45, 2.75) is 112 Å². The van der Waals surface area contributed by atoms with Crippen LogP contribution in [0.3, 0.4) is 0 Å². The maximum Gasteiger partial charge on any atom is 0.408 e. The number of allylic oxidation sites excluding steroid dienone is 1. The maximum absolute atomic E-state index is 14.3. The van der Waals surface area contributed by atoms with E-state index in [1.54, 1.807) is 6.21 Å². The second-order valence-corrected chi connectivity index (χ2v) is 16.4. The summed E-state index contributed by atoms with van der Waals surface area (Å²) in [7, 11) is -3.87. The van der Waals surface area contributed by atoms with Crippen molar-refractivity contribution >= 4 is 50.8 Å². The molecule has 0 aromatic heterocycles. The normalized spacial score (nSPS) is 29.5. The Bertz CT molecular complexity index is 1840. The lowest BCUT2D eigenvalue weighted by atomic mass is 9.96. The highest BCUT2D eigenvalue weighted by atomic mass is 32.2. The summed E-state index contributed by atoms with van der Waals surface area (Å²) < 4.78 is 33.2. The molecular weight excluding hydrogens is 675 g/mol. The Morgan fingerprint density at radius 2 is 1.76 bits per heavy atom. The van der Waals surface area contributed by atoms with Crippen LogP contribution in [-0.4, -0.2) is 85.0 Å². The fraction of sp³-hybridized carbons (Fsp3) is 0.541. The van der Waals surface area contributed by atoms with Gasteiger partial charge in [0.25, 0.3) is 5.91 Å². The molecule has 1 unspecified atom stereocenters. The second-order valence-electron chi connectivity index (χ2n) is 14.4. The van der Waals surface area contributed by atoms with Gasteiger partial charge in [-0.2, -0.15) is 0 Å². The van der Waals surface area contributed by atoms with E-state index in [0.717, 1.165) is 48.4 Å². The van der Waals surface area contributed by atoms with Crippen LogP contribution in [0.5, 0.6) is 0 Å². The fourth-order valence-electron chi connectivity index (χ4n) is 7.19. The zero-order valence-corrected chi connectivity index (χ0v) is 29.3. The second kappa shape index (κ2) is 14.6. The lowest BCUT2D eigenvalue weighted by Crippen LogP contribution is -2.58. The van der Waals surface area contributed by atoms with E-state index in [1.165, 1.54) is 4.90 Å². The number of ether oxygens (including phenoxy) is 1. The van der Waals surface area contributed by atoms with Gasteiger partial charge in [-0.1, -0.05) is 72.6 Å². The van der Waals surface area contributed by atoms with Gasteiger partial charge in [0.15, 0.2) is 0 Å². The molecule has 2 heterocycles. The highest BCUT2D eigenvalue weighted by Crippen LogP contribution is 2.46. The van der Waals surface area contributed by atoms with Crippen LogP contribution >= 0.6 is 0 Å². The lowest BCUT2D eigenvalue weighted by Gasteiger charge is -2.30. The van der Waals surface area contributed by atoms with Gasteiger partial charge in [0, 0.05) is 17.9 Å². The molecule has 0 bridgehead atoms. The first-order chi connectivity index (χ1) is 24.6. The number of nitrogens with zero attached hydrogens (tertiary/aromatic N) is 2. The molecule has 2 aliphatic heterocycles. The van der Waals surface area contributed by atoms with Gasteiger partial charge in [0.1, 0.15) is 29.8 Å². The third-order valence-corrected chi connectivity index (χ3v) is 12.5. The van der Waals surface area contributed by atoms with Crippen LogP contribution < -0.4 is 15.4 Å². The Kier molecular flexibility index (Phi) is 10.0. The van der Waals surface area contributed by atoms with Crippen LogP contribution in [0.15, 0.2) is 59.8 Å². The van der Waals surface area contributed by atoms with Crippen molar-refractivity contribution in [3.8, 4) is 0 Å². The standard InChI is InChI=1S/C37H45N5O8S/c43-33-32-20-28(50-38-22-25-12-8-11-24-10-6-7-16-30(24)25)23-42(32)34(44)31(39-36(46)49-27-14-9-15-27)17-5-3-1-2-4-13-26-21-37(26,40-33)35(45)41-51(47,48)29-18-19-29/h4,6-8,10-13,16,22,26-29,31-32H,1-3,5,9,14-15,17-21,23H2,(H,39,46)(H,40,43)(H,41,45)/b13-4-,38-22+/t26-,28-,31+,32+,37?/m1/s1. The quantitative estimate of drug-likeness (QED) is 0.210. The number of benzene rings is 2. The monoisotopic (exact) mass is 719 g/mol. The number of hydrogen-bond donors (Lipinski definition) is 3. The molecule has 4 fully saturated rings. The molecule has 3 saturated carbocycles. The molecule has 5 aliphatic rings. The Morgan fingerprint density at radius 3 is 2.55 bits per heavy atom. The van der Waals surface area contributed by atoms with Crippen molar-refractivity contribution in [3.63, 3.8) is 0 Å². The summed E-state index contributed by atoms with van der Waals surface area (Å²) in [5, 5.41) is 11.3. The average molecular weight is 720 g/mol. The minimum Gasteiger partial charge on any atom is -0.446 e. The minimum absolute atomic E-state index is 0.0121. The Labute approximate surface area is 297 Å². The molecular formula is C37H45N5O8S. The number of carbonyl (C=O) groups excluding carboxylic acids is 4. The number of sulfonamides is 1. The smallest absolute Gasteiger partial charge is 0.408 e. The number of nitrogens with one attached hydrogen (secondary N) is 3. The van der Waals surface area contributed by atoms with Crippen molar-refractivity contribution in [1.29, 1.82) is 0 Å². The van der Waals surface area contributed by atoms with Crippen molar-refractivity contribution < 1.29 is 37.2 Å². The van der Waals surface area contributed by atoms with Crippen molar-refractivity contribution in [1.82, 2.24) is 20.3 Å². The zero-order valence-electron chi connectivity index (χ0n) is 28.5. The molecule has 2 aromatic rings. The molecule has 3 aliphatic carbocycles. The SMILES string of the molecule is O=C(N[C@H]1CCCCC/C=C\[C@@H]2CC2(C(=O)NS(=O)(=O)C2CC2)NC(=O)[C@@H]2C[C@@H](O/N=C/c3cccc4ccccc34)CN2C1=O)OC1CCC1. The number of carbonyl (C=O) groups is 4. The van der Waals surface area contributed by atoms with Gasteiger partial charge in [0.05, 0.1) is 18.0 Å². The predicted octanol–water partition coefficient (Wildman–Crippen LogP) is 3.81. The number of alkyl carbamates (subject to hydrolysis) is 1. The topological polar surface area (TPSA) is 173 Å². The number of hydrogen-bond acceptors (Lipinski definition) is 9. The largest absolute Gasteiger partial charge is 0.446 e. The Morgan fingerprint density at radius 1 is 0.961 bits per heavy atom. The highest BCUT2D eigenvalue weighted by Gasteiger charge is 2.62. The van der Waals surface area contributed by atoms with Crippen molar-refractivity contribution in [3.05, 3.63) is 60.2 Å². The molecule has 5 atom stereocenters. The summed E-state index contributed by atoms with van der Waals surface area (Å²) >= 11 is 0. The molecule has 4 amide bonds. The molecule has 13 nitrogen and oxygen atoms in total. The van der Waals surface area contributed by atoms with Gasteiger partial charge >= 0.3 is 6.09 Å². The molecule has 3 N–H and O–H groups in total. The van der Waals surface area contributed by atoms with Crippen LogP contribution in [-0.2, 0) is 34.0 Å². The summed E-state index contributed by atoms with van der Waals surface area (Å²) in [5.41, 5.74) is -0.633. The molecule has 272 valence electrons. The molecule has 0 radical (unpaired) electrons. The molecule has 51 heavy (non-hydrogen) atoms. The molecule has 14 heteroatoms. The van der Waals surface area contributed by atoms with Crippen LogP contribution in [0, 0.1) is 5.92 Å². The van der Waals surface area contributed by atoms with Gasteiger partial charge in [-0.25, -0.2) is 13.2 Å². The molecule has 7 rings (SSSR count). The highest BCUT2D eigenvalue weighted by molar-refractivity contribution is 7.91. The maximum atomic E-state index is 14.3. The first kappa shape index (κ1) is 35.0. The van der Waals surface area contributed by atoms with Gasteiger partial charge in [-0.05, 0) is 68.6 Å². The number of amides is 4. The van der Waals surface area contributed by atoms with E-state index in [1.807, 2.05) is 54.6 Å². The number of oxime groups is 1. The zero-order chi connectivity index (χ0) is 35.6. The van der Waals surface area contributed by atoms with Crippen LogP contribution in [0.25, 0.3) is 10.8 Å². The van der Waals surface area contributed by atoms with E-state index >= 15 is 0 Å². The first-order valence-electron chi connectivity index (χ1n) is 18.1. The summed E-state index contributed by atoms with van der Waals surface area (Å²) in [6.07, 6.45) is 11.1. The van der Waals surface area contributed by atoms with Crippen LogP contribution in [0.2, 0.25) is 0 Å². The summed E-state index contributed by atoms with van der Waals surface area (Å²) in [4.78, 5) is 62.2. The predicted molar refractivity (Wildman–Crippen MR) is 189 cm³/mol. The molecule has 1 saturated heterocycles. The Hall–Kier alpha value is -4.46. The third-order valence-electron chi connectivity index (χ3n) is 10.7. The summed E-state index contributed by atoms with van der Waals surface area (Å²) in [6.45, 7) is 0.0121.